The summed E-state index contributed by atoms with van der Waals surface area (Å²) in [6.45, 7) is 2.10. The second kappa shape index (κ2) is 5.11. The van der Waals surface area contributed by atoms with Crippen molar-refractivity contribution in [2.45, 2.75) is 6.92 Å². The molecule has 4 rings (SSSR count). The van der Waals surface area contributed by atoms with E-state index < -0.39 is 0 Å². The molecule has 0 fully saturated rings. The van der Waals surface area contributed by atoms with Gasteiger partial charge in [-0.25, -0.2) is 0 Å². The Bertz CT molecular complexity index is 939. The van der Waals surface area contributed by atoms with Crippen LogP contribution in [0.1, 0.15) is 5.56 Å². The third-order valence-corrected chi connectivity index (χ3v) is 3.96. The Labute approximate surface area is 128 Å². The third kappa shape index (κ3) is 2.07. The SMILES string of the molecule is Cc1ccncc1-n1ccc2cc(-c3cccnc3)ccc21. The average molecular weight is 285 g/mol. The molecule has 0 atom stereocenters. The maximum atomic E-state index is 4.24. The van der Waals surface area contributed by atoms with Gasteiger partial charge < -0.3 is 4.57 Å². The van der Waals surface area contributed by atoms with Crippen LogP contribution >= 0.6 is 0 Å². The minimum atomic E-state index is 1.12. The van der Waals surface area contributed by atoms with Crippen LogP contribution in [0.5, 0.6) is 0 Å². The lowest BCUT2D eigenvalue weighted by molar-refractivity contribution is 1.07. The second-order valence-electron chi connectivity index (χ2n) is 5.36. The molecule has 0 aliphatic rings. The van der Waals surface area contributed by atoms with E-state index >= 15 is 0 Å². The number of hydrogen-bond acceptors (Lipinski definition) is 2. The summed E-state index contributed by atoms with van der Waals surface area (Å²) >= 11 is 0. The van der Waals surface area contributed by atoms with Gasteiger partial charge in [-0.1, -0.05) is 12.1 Å². The van der Waals surface area contributed by atoms with Gasteiger partial charge in [-0.15, -0.1) is 0 Å². The van der Waals surface area contributed by atoms with Crippen molar-refractivity contribution in [2.75, 3.05) is 0 Å². The first-order valence-corrected chi connectivity index (χ1v) is 7.25. The fraction of sp³-hybridized carbons (Fsp3) is 0.0526. The first-order valence-electron chi connectivity index (χ1n) is 7.25. The van der Waals surface area contributed by atoms with E-state index in [2.05, 4.69) is 58.0 Å². The van der Waals surface area contributed by atoms with Crippen LogP contribution in [0.4, 0.5) is 0 Å². The number of hydrogen-bond donors (Lipinski definition) is 0. The van der Waals surface area contributed by atoms with Gasteiger partial charge in [0.25, 0.3) is 0 Å². The van der Waals surface area contributed by atoms with Crippen LogP contribution in [-0.2, 0) is 0 Å². The molecule has 22 heavy (non-hydrogen) atoms. The van der Waals surface area contributed by atoms with Gasteiger partial charge in [0.2, 0.25) is 0 Å². The molecule has 4 aromatic rings. The molecule has 0 N–H and O–H groups in total. The third-order valence-electron chi connectivity index (χ3n) is 3.96. The molecule has 0 aliphatic carbocycles. The number of aryl methyl sites for hydroxylation is 1. The zero-order valence-electron chi connectivity index (χ0n) is 12.3. The van der Waals surface area contributed by atoms with E-state index in [9.17, 15) is 0 Å². The van der Waals surface area contributed by atoms with Gasteiger partial charge in [-0.2, -0.15) is 0 Å². The highest BCUT2D eigenvalue weighted by molar-refractivity contribution is 5.87. The minimum Gasteiger partial charge on any atom is -0.315 e. The van der Waals surface area contributed by atoms with E-state index in [0.717, 1.165) is 11.3 Å². The van der Waals surface area contributed by atoms with Gasteiger partial charge in [-0.05, 0) is 48.4 Å². The maximum absolute atomic E-state index is 4.24. The van der Waals surface area contributed by atoms with Gasteiger partial charge in [-0.3, -0.25) is 9.97 Å². The Balaban J connectivity index is 1.87. The fourth-order valence-corrected chi connectivity index (χ4v) is 2.77. The summed E-state index contributed by atoms with van der Waals surface area (Å²) in [6, 6.07) is 14.7. The summed E-state index contributed by atoms with van der Waals surface area (Å²) in [4.78, 5) is 8.44. The van der Waals surface area contributed by atoms with Crippen molar-refractivity contribution in [3.05, 3.63) is 79.0 Å². The van der Waals surface area contributed by atoms with Crippen LogP contribution in [-0.4, -0.2) is 14.5 Å². The number of pyridine rings is 2. The van der Waals surface area contributed by atoms with E-state index in [1.165, 1.54) is 22.0 Å². The molecule has 3 nitrogen and oxygen atoms in total. The molecule has 0 spiro atoms. The van der Waals surface area contributed by atoms with Gasteiger partial charge in [0.05, 0.1) is 17.4 Å². The highest BCUT2D eigenvalue weighted by atomic mass is 15.0. The molecule has 106 valence electrons. The van der Waals surface area contributed by atoms with Gasteiger partial charge >= 0.3 is 0 Å². The molecule has 0 aliphatic heterocycles. The number of aromatic nitrogens is 3. The van der Waals surface area contributed by atoms with Crippen LogP contribution in [0.25, 0.3) is 27.7 Å². The highest BCUT2D eigenvalue weighted by Gasteiger charge is 2.07. The summed E-state index contributed by atoms with van der Waals surface area (Å²) in [5, 5.41) is 1.21. The summed E-state index contributed by atoms with van der Waals surface area (Å²) in [5.74, 6) is 0. The lowest BCUT2D eigenvalue weighted by Crippen LogP contribution is -1.95. The lowest BCUT2D eigenvalue weighted by Gasteiger charge is -2.08. The number of rotatable bonds is 2. The van der Waals surface area contributed by atoms with Crippen molar-refractivity contribution in [3.8, 4) is 16.8 Å². The van der Waals surface area contributed by atoms with Crippen molar-refractivity contribution in [2.24, 2.45) is 0 Å². The van der Waals surface area contributed by atoms with Crippen LogP contribution in [0.3, 0.4) is 0 Å². The average Bonchev–Trinajstić information content (AvgIpc) is 2.99. The van der Waals surface area contributed by atoms with Crippen LogP contribution in [0.2, 0.25) is 0 Å². The van der Waals surface area contributed by atoms with Crippen molar-refractivity contribution in [1.82, 2.24) is 14.5 Å². The summed E-state index contributed by atoms with van der Waals surface area (Å²) in [7, 11) is 0. The van der Waals surface area contributed by atoms with Crippen LogP contribution in [0.15, 0.2) is 73.4 Å². The molecular formula is C19H15N3. The largest absolute Gasteiger partial charge is 0.315 e. The molecule has 3 heterocycles. The Morgan fingerprint density at radius 3 is 2.59 bits per heavy atom. The molecule has 1 aromatic carbocycles. The first kappa shape index (κ1) is 12.8. The van der Waals surface area contributed by atoms with Crippen molar-refractivity contribution in [1.29, 1.82) is 0 Å². The predicted molar refractivity (Wildman–Crippen MR) is 89.0 cm³/mol. The zero-order chi connectivity index (χ0) is 14.9. The van der Waals surface area contributed by atoms with E-state index in [0.29, 0.717) is 0 Å². The quantitative estimate of drug-likeness (QED) is 0.546. The second-order valence-corrected chi connectivity index (χ2v) is 5.36. The van der Waals surface area contributed by atoms with Crippen molar-refractivity contribution >= 4 is 10.9 Å². The molecule has 3 aromatic heterocycles. The minimum absolute atomic E-state index is 1.12. The first-order chi connectivity index (χ1) is 10.8. The predicted octanol–water partition coefficient (Wildman–Crippen LogP) is 4.40. The molecule has 0 unspecified atom stereocenters. The van der Waals surface area contributed by atoms with E-state index in [-0.39, 0.29) is 0 Å². The van der Waals surface area contributed by atoms with Gasteiger partial charge in [0.1, 0.15) is 0 Å². The maximum Gasteiger partial charge on any atom is 0.0668 e. The number of benzene rings is 1. The topological polar surface area (TPSA) is 30.7 Å². The Morgan fingerprint density at radius 2 is 1.77 bits per heavy atom. The van der Waals surface area contributed by atoms with E-state index in [1.807, 2.05) is 30.7 Å². The fourth-order valence-electron chi connectivity index (χ4n) is 2.77. The van der Waals surface area contributed by atoms with E-state index in [4.69, 9.17) is 0 Å². The van der Waals surface area contributed by atoms with Crippen molar-refractivity contribution in [3.63, 3.8) is 0 Å². The zero-order valence-corrected chi connectivity index (χ0v) is 12.3. The normalized spacial score (nSPS) is 11.0. The summed E-state index contributed by atoms with van der Waals surface area (Å²) in [6.07, 6.45) is 9.52. The number of fused-ring (bicyclic) bond motifs is 1. The molecule has 0 saturated carbocycles. The van der Waals surface area contributed by atoms with E-state index in [1.54, 1.807) is 6.20 Å². The van der Waals surface area contributed by atoms with Gasteiger partial charge in [0, 0.05) is 35.7 Å². The molecule has 0 bridgehead atoms. The van der Waals surface area contributed by atoms with Crippen LogP contribution < -0.4 is 0 Å². The standard InChI is InChI=1S/C19H15N3/c1-14-6-9-21-13-19(14)22-10-7-16-11-15(4-5-18(16)22)17-3-2-8-20-12-17/h2-13H,1H3. The summed E-state index contributed by atoms with van der Waals surface area (Å²) < 4.78 is 2.19. The Hall–Kier alpha value is -2.94. The lowest BCUT2D eigenvalue weighted by atomic mass is 10.1. The van der Waals surface area contributed by atoms with Gasteiger partial charge in [0.15, 0.2) is 0 Å². The molecule has 0 radical (unpaired) electrons. The number of nitrogens with zero attached hydrogens (tertiary/aromatic N) is 3. The van der Waals surface area contributed by atoms with Crippen molar-refractivity contribution < 1.29 is 0 Å². The Morgan fingerprint density at radius 1 is 0.864 bits per heavy atom. The monoisotopic (exact) mass is 285 g/mol. The molecule has 0 saturated heterocycles. The smallest absolute Gasteiger partial charge is 0.0668 e. The summed E-state index contributed by atoms with van der Waals surface area (Å²) in [5.41, 5.74) is 5.83. The molecule has 3 heteroatoms. The Kier molecular flexibility index (Phi) is 2.97. The highest BCUT2D eigenvalue weighted by Crippen LogP contribution is 2.27. The molecule has 0 amide bonds. The van der Waals surface area contributed by atoms with Crippen LogP contribution in [0, 0.1) is 6.92 Å². The molecular weight excluding hydrogens is 270 g/mol.